The van der Waals surface area contributed by atoms with Gasteiger partial charge in [-0.1, -0.05) is 16.5 Å². The molecule has 1 saturated heterocycles. The smallest absolute Gasteiger partial charge is 0.289 e. The van der Waals surface area contributed by atoms with Gasteiger partial charge in [0.2, 0.25) is 5.76 Å². The van der Waals surface area contributed by atoms with Crippen molar-refractivity contribution in [1.29, 1.82) is 0 Å². The van der Waals surface area contributed by atoms with E-state index in [0.717, 1.165) is 34.6 Å². The predicted molar refractivity (Wildman–Crippen MR) is 129 cm³/mol. The van der Waals surface area contributed by atoms with Gasteiger partial charge in [0, 0.05) is 37.3 Å². The molecule has 0 spiro atoms. The number of carbonyl (C=O) groups is 2. The van der Waals surface area contributed by atoms with Crippen LogP contribution in [0, 0.1) is 12.8 Å². The Kier molecular flexibility index (Phi) is 6.51. The van der Waals surface area contributed by atoms with Crippen molar-refractivity contribution in [1.82, 2.24) is 20.4 Å². The number of rotatable bonds is 6. The number of amides is 2. The van der Waals surface area contributed by atoms with Gasteiger partial charge in [-0.2, -0.15) is 0 Å². The topological polar surface area (TPSA) is 121 Å². The van der Waals surface area contributed by atoms with Crippen molar-refractivity contribution in [3.63, 3.8) is 0 Å². The summed E-state index contributed by atoms with van der Waals surface area (Å²) in [6.07, 6.45) is 3.97. The molecular formula is C24H29N5O4S. The maximum Gasteiger partial charge on any atom is 0.289 e. The second kappa shape index (κ2) is 9.71. The molecule has 2 amide bonds. The van der Waals surface area contributed by atoms with Gasteiger partial charge in [0.25, 0.3) is 11.8 Å². The molecule has 0 bridgehead atoms. The van der Waals surface area contributed by atoms with Crippen molar-refractivity contribution >= 4 is 38.5 Å². The number of piperidine rings is 1. The normalized spacial score (nSPS) is 21.2. The number of aliphatic hydroxyl groups excluding tert-OH is 1. The van der Waals surface area contributed by atoms with Crippen molar-refractivity contribution < 1.29 is 19.2 Å². The highest BCUT2D eigenvalue weighted by molar-refractivity contribution is 7.22. The standard InChI is InChI=1S/C24H29N5O4S/c1-14-10-20(33-28-14)22(31)25-13-15-2-4-17(11-15)26-24-27-19-5-3-16(12-21(19)34-24)23(32)29-8-6-18(30)7-9-29/h3,5,10,12,15,17-18,30H,2,4,6-9,11,13H2,1H3,(H,25,31)(H,26,27)/t15-,17+/m1/s1. The number of hydrogen-bond donors (Lipinski definition) is 3. The molecule has 34 heavy (non-hydrogen) atoms. The van der Waals surface area contributed by atoms with Crippen LogP contribution >= 0.6 is 11.3 Å². The first-order valence-electron chi connectivity index (χ1n) is 11.8. The second-order valence-corrected chi connectivity index (χ2v) is 10.3. The highest BCUT2D eigenvalue weighted by Gasteiger charge is 2.27. The van der Waals surface area contributed by atoms with Gasteiger partial charge in [0.15, 0.2) is 5.13 Å². The summed E-state index contributed by atoms with van der Waals surface area (Å²) in [5.41, 5.74) is 2.23. The Balaban J connectivity index is 1.15. The van der Waals surface area contributed by atoms with Gasteiger partial charge in [-0.05, 0) is 63.1 Å². The zero-order valence-corrected chi connectivity index (χ0v) is 19.9. The summed E-state index contributed by atoms with van der Waals surface area (Å²) in [7, 11) is 0. The zero-order chi connectivity index (χ0) is 23.7. The molecular weight excluding hydrogens is 454 g/mol. The van der Waals surface area contributed by atoms with Crippen LogP contribution in [0.1, 0.15) is 58.7 Å². The van der Waals surface area contributed by atoms with Crippen LogP contribution in [0.25, 0.3) is 10.2 Å². The van der Waals surface area contributed by atoms with E-state index in [9.17, 15) is 14.7 Å². The molecule has 0 radical (unpaired) electrons. The molecule has 2 aromatic heterocycles. The molecule has 180 valence electrons. The second-order valence-electron chi connectivity index (χ2n) is 9.29. The summed E-state index contributed by atoms with van der Waals surface area (Å²) in [6, 6.07) is 7.60. The van der Waals surface area contributed by atoms with E-state index in [2.05, 4.69) is 15.8 Å². The van der Waals surface area contributed by atoms with Crippen molar-refractivity contribution in [3.8, 4) is 0 Å². The summed E-state index contributed by atoms with van der Waals surface area (Å²) in [5.74, 6) is 0.426. The molecule has 1 saturated carbocycles. The average molecular weight is 484 g/mol. The fourth-order valence-corrected chi connectivity index (χ4v) is 5.71. The van der Waals surface area contributed by atoms with Crippen LogP contribution in [0.3, 0.4) is 0 Å². The van der Waals surface area contributed by atoms with E-state index in [1.54, 1.807) is 24.3 Å². The van der Waals surface area contributed by atoms with Gasteiger partial charge in [-0.25, -0.2) is 4.98 Å². The first-order chi connectivity index (χ1) is 16.4. The Morgan fingerprint density at radius 1 is 1.21 bits per heavy atom. The number of benzene rings is 1. The number of aromatic nitrogens is 2. The fraction of sp³-hybridized carbons (Fsp3) is 0.500. The highest BCUT2D eigenvalue weighted by atomic mass is 32.1. The van der Waals surface area contributed by atoms with E-state index in [1.807, 2.05) is 23.1 Å². The third-order valence-electron chi connectivity index (χ3n) is 6.66. The lowest BCUT2D eigenvalue weighted by Gasteiger charge is -2.29. The third kappa shape index (κ3) is 5.07. The van der Waals surface area contributed by atoms with Crippen LogP contribution in [-0.4, -0.2) is 63.7 Å². The van der Waals surface area contributed by atoms with Crippen LogP contribution < -0.4 is 10.6 Å². The van der Waals surface area contributed by atoms with Gasteiger partial charge >= 0.3 is 0 Å². The molecule has 1 aromatic carbocycles. The summed E-state index contributed by atoms with van der Waals surface area (Å²) in [6.45, 7) is 3.58. The molecule has 1 aliphatic carbocycles. The minimum absolute atomic E-state index is 0.0119. The van der Waals surface area contributed by atoms with Crippen LogP contribution in [0.15, 0.2) is 28.8 Å². The molecule has 1 aliphatic heterocycles. The summed E-state index contributed by atoms with van der Waals surface area (Å²) >= 11 is 1.56. The highest BCUT2D eigenvalue weighted by Crippen LogP contribution is 2.32. The van der Waals surface area contributed by atoms with Gasteiger partial charge in [-0.15, -0.1) is 0 Å². The number of likely N-dealkylation sites (tertiary alicyclic amines) is 1. The van der Waals surface area contributed by atoms with E-state index in [1.165, 1.54) is 0 Å². The Morgan fingerprint density at radius 3 is 2.79 bits per heavy atom. The third-order valence-corrected chi connectivity index (χ3v) is 7.61. The van der Waals surface area contributed by atoms with Crippen LogP contribution in [0.5, 0.6) is 0 Å². The molecule has 10 heteroatoms. The lowest BCUT2D eigenvalue weighted by molar-refractivity contribution is 0.0546. The van der Waals surface area contributed by atoms with Crippen LogP contribution in [-0.2, 0) is 0 Å². The molecule has 2 atom stereocenters. The first-order valence-corrected chi connectivity index (χ1v) is 12.6. The Bertz CT molecular complexity index is 1180. The maximum atomic E-state index is 12.8. The Labute approximate surface area is 201 Å². The SMILES string of the molecule is Cc1cc(C(=O)NC[C@@H]2CC[C@H](Nc3nc4ccc(C(=O)N5CCC(O)CC5)cc4s3)C2)on1. The molecule has 5 rings (SSSR count). The van der Waals surface area contributed by atoms with Crippen LogP contribution in [0.2, 0.25) is 0 Å². The Hall–Kier alpha value is -2.98. The van der Waals surface area contributed by atoms with Crippen molar-refractivity contribution in [3.05, 3.63) is 41.3 Å². The number of nitrogens with one attached hydrogen (secondary N) is 2. The van der Waals surface area contributed by atoms with Crippen molar-refractivity contribution in [2.45, 2.75) is 51.2 Å². The minimum atomic E-state index is -0.300. The quantitative estimate of drug-likeness (QED) is 0.492. The van der Waals surface area contributed by atoms with Crippen molar-refractivity contribution in [2.75, 3.05) is 25.0 Å². The maximum absolute atomic E-state index is 12.8. The number of hydrogen-bond acceptors (Lipinski definition) is 8. The molecule has 2 fully saturated rings. The molecule has 0 unspecified atom stereocenters. The largest absolute Gasteiger partial charge is 0.393 e. The Morgan fingerprint density at radius 2 is 2.03 bits per heavy atom. The minimum Gasteiger partial charge on any atom is -0.393 e. The monoisotopic (exact) mass is 483 g/mol. The molecule has 2 aliphatic rings. The van der Waals surface area contributed by atoms with E-state index in [0.29, 0.717) is 55.7 Å². The number of carbonyl (C=O) groups excluding carboxylic acids is 2. The van der Waals surface area contributed by atoms with Gasteiger partial charge in [0.1, 0.15) is 0 Å². The molecule has 3 N–H and O–H groups in total. The summed E-state index contributed by atoms with van der Waals surface area (Å²) in [4.78, 5) is 31.5. The summed E-state index contributed by atoms with van der Waals surface area (Å²) < 4.78 is 6.00. The predicted octanol–water partition coefficient (Wildman–Crippen LogP) is 3.20. The number of thiazole rings is 1. The first kappa shape index (κ1) is 22.8. The van der Waals surface area contributed by atoms with E-state index >= 15 is 0 Å². The number of anilines is 1. The van der Waals surface area contributed by atoms with E-state index in [-0.39, 0.29) is 23.7 Å². The number of aliphatic hydroxyl groups is 1. The number of aryl methyl sites for hydroxylation is 1. The average Bonchev–Trinajstić information content (AvgIpc) is 3.57. The lowest BCUT2D eigenvalue weighted by Crippen LogP contribution is -2.40. The zero-order valence-electron chi connectivity index (χ0n) is 19.1. The van der Waals surface area contributed by atoms with Crippen LogP contribution in [0.4, 0.5) is 5.13 Å². The van der Waals surface area contributed by atoms with Crippen molar-refractivity contribution in [2.24, 2.45) is 5.92 Å². The molecule has 3 aromatic rings. The van der Waals surface area contributed by atoms with E-state index < -0.39 is 0 Å². The van der Waals surface area contributed by atoms with Gasteiger partial charge < -0.3 is 25.2 Å². The van der Waals surface area contributed by atoms with Gasteiger partial charge in [-0.3, -0.25) is 9.59 Å². The van der Waals surface area contributed by atoms with E-state index in [4.69, 9.17) is 9.51 Å². The number of nitrogens with zero attached hydrogens (tertiary/aromatic N) is 3. The number of fused-ring (bicyclic) bond motifs is 1. The lowest BCUT2D eigenvalue weighted by atomic mass is 10.1. The van der Waals surface area contributed by atoms with Gasteiger partial charge in [0.05, 0.1) is 22.0 Å². The molecule has 3 heterocycles. The summed E-state index contributed by atoms with van der Waals surface area (Å²) in [5, 5.41) is 20.8. The fourth-order valence-electron chi connectivity index (χ4n) is 4.73. The molecule has 9 nitrogen and oxygen atoms in total.